The molecule has 1 saturated carbocycles. The van der Waals surface area contributed by atoms with Crippen molar-refractivity contribution in [2.24, 2.45) is 5.92 Å². The maximum absolute atomic E-state index is 9.68. The van der Waals surface area contributed by atoms with Gasteiger partial charge in [-0.3, -0.25) is 0 Å². The summed E-state index contributed by atoms with van der Waals surface area (Å²) in [5.74, 6) is 0.714. The molecule has 0 unspecified atom stereocenters. The topological polar surface area (TPSA) is 32.3 Å². The molecule has 0 heterocycles. The maximum Gasteiger partial charge on any atom is 0.0620 e. The Morgan fingerprint density at radius 2 is 1.91 bits per heavy atom. The Bertz CT molecular complexity index is 448. The molecular formula is C20H29NO. The minimum atomic E-state index is 0.00656. The number of rotatable bonds is 8. The molecule has 0 aliphatic heterocycles. The third-order valence-electron chi connectivity index (χ3n) is 4.58. The van der Waals surface area contributed by atoms with Crippen molar-refractivity contribution in [1.29, 1.82) is 0 Å². The summed E-state index contributed by atoms with van der Waals surface area (Å²) in [6.07, 6.45) is 13.8. The van der Waals surface area contributed by atoms with E-state index in [0.29, 0.717) is 12.0 Å². The van der Waals surface area contributed by atoms with Crippen molar-refractivity contribution in [3.05, 3.63) is 54.6 Å². The second-order valence-corrected chi connectivity index (χ2v) is 6.25. The standard InChI is InChI=1S/C20H29NO/c1-2-9-20(18-12-7-4-8-13-18)21-19(16-22)15-14-17-10-5-3-6-11-17/h2-3,5-6,10-11,14-15,18-22H,1,4,7-9,12-13,16H2/b15-14+/t19-,20-/m1/s1. The van der Waals surface area contributed by atoms with Crippen molar-refractivity contribution in [1.82, 2.24) is 5.32 Å². The van der Waals surface area contributed by atoms with Crippen LogP contribution in [0.15, 0.2) is 49.1 Å². The van der Waals surface area contributed by atoms with E-state index in [2.05, 4.69) is 36.2 Å². The smallest absolute Gasteiger partial charge is 0.0620 e. The Balaban J connectivity index is 1.96. The van der Waals surface area contributed by atoms with Gasteiger partial charge in [-0.15, -0.1) is 6.58 Å². The first-order chi connectivity index (χ1) is 10.8. The van der Waals surface area contributed by atoms with Crippen LogP contribution in [0.2, 0.25) is 0 Å². The second kappa shape index (κ2) is 9.60. The van der Waals surface area contributed by atoms with E-state index in [1.165, 1.54) is 37.7 Å². The van der Waals surface area contributed by atoms with Gasteiger partial charge >= 0.3 is 0 Å². The summed E-state index contributed by atoms with van der Waals surface area (Å²) in [7, 11) is 0. The molecule has 0 radical (unpaired) electrons. The monoisotopic (exact) mass is 299 g/mol. The first-order valence-corrected chi connectivity index (χ1v) is 8.54. The van der Waals surface area contributed by atoms with Gasteiger partial charge in [0.05, 0.1) is 6.61 Å². The van der Waals surface area contributed by atoms with Crippen LogP contribution in [0.25, 0.3) is 6.08 Å². The maximum atomic E-state index is 9.68. The Morgan fingerprint density at radius 1 is 1.18 bits per heavy atom. The second-order valence-electron chi connectivity index (χ2n) is 6.25. The summed E-state index contributed by atoms with van der Waals surface area (Å²) in [5.41, 5.74) is 1.17. The van der Waals surface area contributed by atoms with E-state index in [0.717, 1.165) is 6.42 Å². The van der Waals surface area contributed by atoms with Crippen LogP contribution in [-0.4, -0.2) is 23.8 Å². The highest BCUT2D eigenvalue weighted by Crippen LogP contribution is 2.28. The van der Waals surface area contributed by atoms with Gasteiger partial charge in [-0.2, -0.15) is 0 Å². The zero-order valence-electron chi connectivity index (χ0n) is 13.5. The summed E-state index contributed by atoms with van der Waals surface area (Å²) in [6.45, 7) is 4.03. The predicted octanol–water partition coefficient (Wildman–Crippen LogP) is 4.18. The minimum Gasteiger partial charge on any atom is -0.394 e. The lowest BCUT2D eigenvalue weighted by Gasteiger charge is -2.32. The molecule has 2 heteroatoms. The van der Waals surface area contributed by atoms with Crippen LogP contribution >= 0.6 is 0 Å². The van der Waals surface area contributed by atoms with Crippen LogP contribution in [-0.2, 0) is 0 Å². The predicted molar refractivity (Wildman–Crippen MR) is 94.7 cm³/mol. The van der Waals surface area contributed by atoms with Crippen LogP contribution in [0.1, 0.15) is 44.1 Å². The van der Waals surface area contributed by atoms with E-state index in [4.69, 9.17) is 0 Å². The molecule has 2 atom stereocenters. The van der Waals surface area contributed by atoms with Gasteiger partial charge in [-0.05, 0) is 30.7 Å². The molecule has 0 saturated heterocycles. The highest BCUT2D eigenvalue weighted by atomic mass is 16.3. The Labute approximate surface area is 134 Å². The summed E-state index contributed by atoms with van der Waals surface area (Å²) in [6, 6.07) is 10.7. The van der Waals surface area contributed by atoms with Crippen molar-refractivity contribution in [2.75, 3.05) is 6.61 Å². The van der Waals surface area contributed by atoms with Gasteiger partial charge in [-0.25, -0.2) is 0 Å². The van der Waals surface area contributed by atoms with E-state index < -0.39 is 0 Å². The number of hydrogen-bond donors (Lipinski definition) is 2. The largest absolute Gasteiger partial charge is 0.394 e. The summed E-state index contributed by atoms with van der Waals surface area (Å²) in [5, 5.41) is 13.3. The third-order valence-corrected chi connectivity index (χ3v) is 4.58. The van der Waals surface area contributed by atoms with E-state index >= 15 is 0 Å². The molecule has 0 bridgehead atoms. The fourth-order valence-electron chi connectivity index (χ4n) is 3.35. The first kappa shape index (κ1) is 17.0. The number of nitrogens with one attached hydrogen (secondary N) is 1. The fraction of sp³-hybridized carbons (Fsp3) is 0.500. The lowest BCUT2D eigenvalue weighted by molar-refractivity contribution is 0.215. The van der Waals surface area contributed by atoms with Crippen LogP contribution < -0.4 is 5.32 Å². The molecule has 2 rings (SSSR count). The molecule has 2 N–H and O–H groups in total. The molecule has 1 aliphatic carbocycles. The van der Waals surface area contributed by atoms with Gasteiger partial charge in [-0.1, -0.05) is 67.8 Å². The van der Waals surface area contributed by atoms with Crippen LogP contribution in [0, 0.1) is 5.92 Å². The average molecular weight is 299 g/mol. The molecule has 1 aromatic rings. The molecule has 120 valence electrons. The van der Waals surface area contributed by atoms with Gasteiger partial charge in [0.15, 0.2) is 0 Å². The van der Waals surface area contributed by atoms with E-state index in [1.807, 2.05) is 24.3 Å². The zero-order valence-corrected chi connectivity index (χ0v) is 13.5. The van der Waals surface area contributed by atoms with Gasteiger partial charge in [0, 0.05) is 12.1 Å². The van der Waals surface area contributed by atoms with Crippen molar-refractivity contribution >= 4 is 6.08 Å². The van der Waals surface area contributed by atoms with E-state index in [1.54, 1.807) is 0 Å². The van der Waals surface area contributed by atoms with Gasteiger partial charge < -0.3 is 10.4 Å². The van der Waals surface area contributed by atoms with Crippen LogP contribution in [0.4, 0.5) is 0 Å². The molecule has 1 fully saturated rings. The molecule has 2 nitrogen and oxygen atoms in total. The normalized spacial score (nSPS) is 19.1. The van der Waals surface area contributed by atoms with Crippen LogP contribution in [0.3, 0.4) is 0 Å². The lowest BCUT2D eigenvalue weighted by atomic mass is 9.82. The molecule has 22 heavy (non-hydrogen) atoms. The van der Waals surface area contributed by atoms with Gasteiger partial charge in [0.2, 0.25) is 0 Å². The molecule has 1 aromatic carbocycles. The highest BCUT2D eigenvalue weighted by molar-refractivity contribution is 5.49. The quantitative estimate of drug-likeness (QED) is 0.706. The number of hydrogen-bond acceptors (Lipinski definition) is 2. The number of aliphatic hydroxyl groups excluding tert-OH is 1. The molecule has 1 aliphatic rings. The van der Waals surface area contributed by atoms with Crippen molar-refractivity contribution in [3.63, 3.8) is 0 Å². The third kappa shape index (κ3) is 5.43. The summed E-state index contributed by atoms with van der Waals surface area (Å²) in [4.78, 5) is 0. The van der Waals surface area contributed by atoms with Gasteiger partial charge in [0.25, 0.3) is 0 Å². The highest BCUT2D eigenvalue weighted by Gasteiger charge is 2.23. The lowest BCUT2D eigenvalue weighted by Crippen LogP contribution is -2.44. The molecule has 0 amide bonds. The molecule has 0 spiro atoms. The number of benzene rings is 1. The Morgan fingerprint density at radius 3 is 2.55 bits per heavy atom. The Hall–Kier alpha value is -1.38. The number of aliphatic hydroxyl groups is 1. The average Bonchev–Trinajstić information content (AvgIpc) is 2.59. The first-order valence-electron chi connectivity index (χ1n) is 8.54. The minimum absolute atomic E-state index is 0.00656. The van der Waals surface area contributed by atoms with Crippen molar-refractivity contribution < 1.29 is 5.11 Å². The van der Waals surface area contributed by atoms with E-state index in [9.17, 15) is 5.11 Å². The fourth-order valence-corrected chi connectivity index (χ4v) is 3.35. The summed E-state index contributed by atoms with van der Waals surface area (Å²) >= 11 is 0. The Kier molecular flexibility index (Phi) is 7.41. The van der Waals surface area contributed by atoms with Gasteiger partial charge in [0.1, 0.15) is 0 Å². The molecular weight excluding hydrogens is 270 g/mol. The van der Waals surface area contributed by atoms with E-state index in [-0.39, 0.29) is 12.6 Å². The van der Waals surface area contributed by atoms with Crippen LogP contribution in [0.5, 0.6) is 0 Å². The summed E-state index contributed by atoms with van der Waals surface area (Å²) < 4.78 is 0. The SMILES string of the molecule is C=CC[C@@H](N[C@H](/C=C/c1ccccc1)CO)C1CCCCC1. The van der Waals surface area contributed by atoms with Crippen molar-refractivity contribution in [3.8, 4) is 0 Å². The van der Waals surface area contributed by atoms with Crippen molar-refractivity contribution in [2.45, 2.75) is 50.6 Å². The molecule has 0 aromatic heterocycles. The zero-order chi connectivity index (χ0) is 15.6.